The van der Waals surface area contributed by atoms with Gasteiger partial charge in [0.25, 0.3) is 11.7 Å². The first-order valence-corrected chi connectivity index (χ1v) is 12.2. The van der Waals surface area contributed by atoms with E-state index in [1.807, 2.05) is 27.7 Å². The van der Waals surface area contributed by atoms with Crippen LogP contribution >= 0.6 is 0 Å². The molecule has 2 bridgehead atoms. The first-order valence-electron chi connectivity index (χ1n) is 12.2. The molecule has 0 N–H and O–H groups in total. The lowest BCUT2D eigenvalue weighted by molar-refractivity contribution is -0.174. The van der Waals surface area contributed by atoms with Gasteiger partial charge >= 0.3 is 11.9 Å². The Morgan fingerprint density at radius 3 is 2.46 bits per heavy atom. The molecule has 11 nitrogen and oxygen atoms in total. The van der Waals surface area contributed by atoms with Gasteiger partial charge in [0.15, 0.2) is 5.60 Å². The first kappa shape index (κ1) is 23.5. The quantitative estimate of drug-likeness (QED) is 0.579. The van der Waals surface area contributed by atoms with Crippen LogP contribution in [-0.4, -0.2) is 80.7 Å². The van der Waals surface area contributed by atoms with E-state index in [4.69, 9.17) is 9.47 Å². The van der Waals surface area contributed by atoms with Crippen LogP contribution in [-0.2, 0) is 30.3 Å². The lowest BCUT2D eigenvalue weighted by Gasteiger charge is -2.42. The van der Waals surface area contributed by atoms with Gasteiger partial charge in [-0.05, 0) is 33.6 Å². The van der Waals surface area contributed by atoms with Crippen molar-refractivity contribution >= 4 is 29.4 Å². The number of anilines is 1. The molecule has 2 saturated heterocycles. The smallest absolute Gasteiger partial charge is 0.313 e. The van der Waals surface area contributed by atoms with Crippen molar-refractivity contribution in [2.75, 3.05) is 37.7 Å². The second kappa shape index (κ2) is 7.89. The van der Waals surface area contributed by atoms with Crippen molar-refractivity contribution in [1.82, 2.24) is 24.5 Å². The summed E-state index contributed by atoms with van der Waals surface area (Å²) in [4.78, 5) is 51.4. The zero-order chi connectivity index (χ0) is 25.2. The number of ether oxygens (including phenoxy) is 2. The predicted molar refractivity (Wildman–Crippen MR) is 125 cm³/mol. The minimum atomic E-state index is -1.11. The van der Waals surface area contributed by atoms with Gasteiger partial charge in [-0.2, -0.15) is 14.6 Å². The highest BCUT2D eigenvalue weighted by atomic mass is 16.6. The maximum absolute atomic E-state index is 13.8. The summed E-state index contributed by atoms with van der Waals surface area (Å²) in [5.74, 6) is 0.475. The van der Waals surface area contributed by atoms with E-state index in [0.29, 0.717) is 57.1 Å². The lowest BCUT2D eigenvalue weighted by atomic mass is 9.66. The van der Waals surface area contributed by atoms with Gasteiger partial charge in [0, 0.05) is 42.9 Å². The topological polar surface area (TPSA) is 119 Å². The van der Waals surface area contributed by atoms with E-state index in [1.54, 1.807) is 16.3 Å². The fourth-order valence-corrected chi connectivity index (χ4v) is 5.95. The number of hydrogen-bond donors (Lipinski definition) is 0. The number of piperazine rings is 1. The van der Waals surface area contributed by atoms with Crippen molar-refractivity contribution in [1.29, 1.82) is 0 Å². The van der Waals surface area contributed by atoms with E-state index in [0.717, 1.165) is 11.4 Å². The molecule has 0 aromatic carbocycles. The molecule has 1 saturated carbocycles. The molecule has 0 unspecified atom stereocenters. The SMILES string of the molecule is CCOC(=O)Cc1c(C)nc2ncnn2c1N1CCN(C(=O)[C@@]23CC[C@@](C)(C(=O)O2)C3(C)C)CC1. The maximum Gasteiger partial charge on any atom is 0.313 e. The highest BCUT2D eigenvalue weighted by Gasteiger charge is 2.76. The minimum Gasteiger partial charge on any atom is -0.466 e. The highest BCUT2D eigenvalue weighted by molar-refractivity contribution is 5.96. The van der Waals surface area contributed by atoms with Crippen LogP contribution in [0.2, 0.25) is 0 Å². The summed E-state index contributed by atoms with van der Waals surface area (Å²) in [5, 5.41) is 4.34. The van der Waals surface area contributed by atoms with Crippen molar-refractivity contribution in [3.63, 3.8) is 0 Å². The Labute approximate surface area is 203 Å². The van der Waals surface area contributed by atoms with Crippen LogP contribution in [0, 0.1) is 17.8 Å². The third-order valence-electron chi connectivity index (χ3n) is 8.63. The van der Waals surface area contributed by atoms with Crippen LogP contribution in [0.4, 0.5) is 5.82 Å². The number of amides is 1. The Bertz CT molecular complexity index is 1220. The van der Waals surface area contributed by atoms with E-state index in [1.165, 1.54) is 6.33 Å². The molecule has 1 amide bonds. The van der Waals surface area contributed by atoms with Crippen LogP contribution in [0.3, 0.4) is 0 Å². The molecular weight excluding hydrogens is 452 g/mol. The van der Waals surface area contributed by atoms with Crippen molar-refractivity contribution in [2.45, 2.75) is 59.5 Å². The summed E-state index contributed by atoms with van der Waals surface area (Å²) in [6.07, 6.45) is 2.71. The second-order valence-electron chi connectivity index (χ2n) is 10.4. The van der Waals surface area contributed by atoms with Gasteiger partial charge in [0.05, 0.1) is 18.4 Å². The first-order chi connectivity index (χ1) is 16.6. The zero-order valence-corrected chi connectivity index (χ0v) is 21.0. The number of nitrogens with zero attached hydrogens (tertiary/aromatic N) is 6. The molecule has 2 aromatic rings. The van der Waals surface area contributed by atoms with Crippen LogP contribution < -0.4 is 4.90 Å². The molecule has 0 radical (unpaired) electrons. The van der Waals surface area contributed by atoms with Gasteiger partial charge < -0.3 is 19.3 Å². The summed E-state index contributed by atoms with van der Waals surface area (Å²) in [6, 6.07) is 0. The van der Waals surface area contributed by atoms with Crippen molar-refractivity contribution < 1.29 is 23.9 Å². The molecule has 0 spiro atoms. The molecule has 5 rings (SSSR count). The number of aromatic nitrogens is 4. The summed E-state index contributed by atoms with van der Waals surface area (Å²) in [7, 11) is 0. The normalized spacial score (nSPS) is 27.4. The predicted octanol–water partition coefficient (Wildman–Crippen LogP) is 1.31. The Balaban J connectivity index is 1.40. The fraction of sp³-hybridized carbons (Fsp3) is 0.667. The third kappa shape index (κ3) is 3.16. The number of hydrogen-bond acceptors (Lipinski definition) is 9. The molecule has 2 aromatic heterocycles. The van der Waals surface area contributed by atoms with E-state index in [-0.39, 0.29) is 24.3 Å². The summed E-state index contributed by atoms with van der Waals surface area (Å²) < 4.78 is 12.6. The van der Waals surface area contributed by atoms with Crippen LogP contribution in [0.25, 0.3) is 5.78 Å². The summed E-state index contributed by atoms with van der Waals surface area (Å²) in [6.45, 7) is 11.8. The van der Waals surface area contributed by atoms with Crippen molar-refractivity contribution in [3.05, 3.63) is 17.6 Å². The number of carbonyl (C=O) groups excluding carboxylic acids is 3. The number of rotatable bonds is 5. The van der Waals surface area contributed by atoms with Crippen LogP contribution in [0.5, 0.6) is 0 Å². The Morgan fingerprint density at radius 1 is 1.14 bits per heavy atom. The number of esters is 2. The monoisotopic (exact) mass is 484 g/mol. The van der Waals surface area contributed by atoms with Gasteiger partial charge in [-0.25, -0.2) is 4.98 Å². The molecule has 2 atom stereocenters. The number of fused-ring (bicyclic) bond motifs is 3. The third-order valence-corrected chi connectivity index (χ3v) is 8.63. The fourth-order valence-electron chi connectivity index (χ4n) is 5.95. The zero-order valence-electron chi connectivity index (χ0n) is 21.0. The molecule has 11 heteroatoms. The highest BCUT2D eigenvalue weighted by Crippen LogP contribution is 2.66. The van der Waals surface area contributed by atoms with Crippen molar-refractivity contribution in [3.8, 4) is 0 Å². The largest absolute Gasteiger partial charge is 0.466 e. The number of aryl methyl sites for hydroxylation is 1. The average Bonchev–Trinajstić information content (AvgIpc) is 3.40. The van der Waals surface area contributed by atoms with Gasteiger partial charge in [-0.3, -0.25) is 14.4 Å². The molecule has 188 valence electrons. The molecule has 3 aliphatic rings. The van der Waals surface area contributed by atoms with Crippen LogP contribution in [0.15, 0.2) is 6.33 Å². The summed E-state index contributed by atoms with van der Waals surface area (Å²) >= 11 is 0. The Hall–Kier alpha value is -3.24. The van der Waals surface area contributed by atoms with Gasteiger partial charge in [-0.15, -0.1) is 0 Å². The Kier molecular flexibility index (Phi) is 5.30. The average molecular weight is 485 g/mol. The van der Waals surface area contributed by atoms with Gasteiger partial charge in [-0.1, -0.05) is 13.8 Å². The molecule has 35 heavy (non-hydrogen) atoms. The second-order valence-corrected chi connectivity index (χ2v) is 10.4. The van der Waals surface area contributed by atoms with E-state index in [9.17, 15) is 14.4 Å². The summed E-state index contributed by atoms with van der Waals surface area (Å²) in [5.41, 5.74) is -0.900. The molecule has 4 heterocycles. The molecule has 2 aliphatic heterocycles. The molecule has 3 fully saturated rings. The van der Waals surface area contributed by atoms with Crippen molar-refractivity contribution in [2.24, 2.45) is 10.8 Å². The van der Waals surface area contributed by atoms with E-state index in [2.05, 4.69) is 20.0 Å². The maximum atomic E-state index is 13.8. The lowest BCUT2D eigenvalue weighted by Crippen LogP contribution is -2.59. The van der Waals surface area contributed by atoms with Gasteiger partial charge in [0.2, 0.25) is 0 Å². The van der Waals surface area contributed by atoms with Crippen LogP contribution in [0.1, 0.15) is 51.8 Å². The molecular formula is C24H32N6O5. The van der Waals surface area contributed by atoms with E-state index >= 15 is 0 Å². The van der Waals surface area contributed by atoms with E-state index < -0.39 is 16.4 Å². The molecule has 1 aliphatic carbocycles. The van der Waals surface area contributed by atoms with Gasteiger partial charge in [0.1, 0.15) is 12.1 Å². The number of carbonyl (C=O) groups is 3. The standard InChI is InChI=1S/C24H32N6O5/c1-6-34-17(31)13-16-15(2)27-21-25-14-26-30(21)18(16)28-9-11-29(12-10-28)19(32)24-8-7-23(5,20(33)35-24)22(24,3)4/h14H,6-13H2,1-5H3/t23-,24+/m0/s1. The minimum absolute atomic E-state index is 0.0722. The Morgan fingerprint density at radius 2 is 1.86 bits per heavy atom.